The number of fused-ring (bicyclic) bond motifs is 1. The van der Waals surface area contributed by atoms with Crippen LogP contribution in [0.1, 0.15) is 22.9 Å². The van der Waals surface area contributed by atoms with E-state index in [4.69, 9.17) is 9.15 Å². The van der Waals surface area contributed by atoms with Gasteiger partial charge in [-0.3, -0.25) is 0 Å². The summed E-state index contributed by atoms with van der Waals surface area (Å²) in [7, 11) is 1.65. The highest BCUT2D eigenvalue weighted by atomic mass is 16.5. The fourth-order valence-corrected chi connectivity index (χ4v) is 2.59. The Kier molecular flexibility index (Phi) is 4.65. The summed E-state index contributed by atoms with van der Waals surface area (Å²) >= 11 is 0. The van der Waals surface area contributed by atoms with Crippen LogP contribution in [0.5, 0.6) is 5.75 Å². The number of rotatable bonds is 6. The monoisotopic (exact) mass is 311 g/mol. The van der Waals surface area contributed by atoms with E-state index in [1.807, 2.05) is 42.5 Å². The van der Waals surface area contributed by atoms with Crippen molar-refractivity contribution in [2.45, 2.75) is 19.5 Å². The maximum absolute atomic E-state index is 9.68. The van der Waals surface area contributed by atoms with Crippen molar-refractivity contribution in [2.24, 2.45) is 0 Å². The third-order valence-corrected chi connectivity index (χ3v) is 3.93. The van der Waals surface area contributed by atoms with Gasteiger partial charge in [0.25, 0.3) is 0 Å². The number of methoxy groups -OCH3 is 1. The number of hydrogen-bond acceptors (Lipinski definition) is 4. The summed E-state index contributed by atoms with van der Waals surface area (Å²) in [6.45, 7) is 2.68. The number of aryl methyl sites for hydroxylation is 1. The Bertz CT molecular complexity index is 777. The lowest BCUT2D eigenvalue weighted by molar-refractivity contribution is 0.227. The highest BCUT2D eigenvalue weighted by molar-refractivity contribution is 5.78. The van der Waals surface area contributed by atoms with Crippen molar-refractivity contribution in [3.8, 4) is 5.75 Å². The fourth-order valence-electron chi connectivity index (χ4n) is 2.59. The molecule has 0 saturated heterocycles. The van der Waals surface area contributed by atoms with Crippen LogP contribution in [0.25, 0.3) is 11.0 Å². The fraction of sp³-hybridized carbons (Fsp3) is 0.263. The van der Waals surface area contributed by atoms with Gasteiger partial charge < -0.3 is 19.6 Å². The van der Waals surface area contributed by atoms with Gasteiger partial charge in [-0.25, -0.2) is 0 Å². The summed E-state index contributed by atoms with van der Waals surface area (Å²) in [5.74, 6) is 1.58. The van der Waals surface area contributed by atoms with Crippen LogP contribution < -0.4 is 10.1 Å². The van der Waals surface area contributed by atoms with Crippen LogP contribution in [-0.4, -0.2) is 18.8 Å². The van der Waals surface area contributed by atoms with E-state index >= 15 is 0 Å². The Morgan fingerprint density at radius 3 is 2.61 bits per heavy atom. The quantitative estimate of drug-likeness (QED) is 0.730. The molecule has 0 aliphatic heterocycles. The Hall–Kier alpha value is -2.30. The van der Waals surface area contributed by atoms with Crippen molar-refractivity contribution in [3.05, 3.63) is 65.4 Å². The number of nitrogens with one attached hydrogen (secondary N) is 1. The zero-order chi connectivity index (χ0) is 16.2. The van der Waals surface area contributed by atoms with Crippen LogP contribution in [0.15, 0.2) is 52.9 Å². The number of ether oxygens (including phenoxy) is 1. The van der Waals surface area contributed by atoms with Crippen molar-refractivity contribution in [1.82, 2.24) is 5.32 Å². The molecule has 3 aromatic rings. The first-order chi connectivity index (χ1) is 11.2. The highest BCUT2D eigenvalue weighted by Crippen LogP contribution is 2.25. The van der Waals surface area contributed by atoms with Crippen molar-refractivity contribution in [2.75, 3.05) is 13.7 Å². The second kappa shape index (κ2) is 6.86. The van der Waals surface area contributed by atoms with Crippen molar-refractivity contribution >= 4 is 11.0 Å². The predicted molar refractivity (Wildman–Crippen MR) is 90.6 cm³/mol. The Morgan fingerprint density at radius 1 is 1.13 bits per heavy atom. The van der Waals surface area contributed by atoms with Crippen LogP contribution in [0.2, 0.25) is 0 Å². The van der Waals surface area contributed by atoms with E-state index in [1.165, 1.54) is 5.56 Å². The summed E-state index contributed by atoms with van der Waals surface area (Å²) in [6.07, 6.45) is 0. The Labute approximate surface area is 135 Å². The molecule has 0 aliphatic rings. The molecule has 23 heavy (non-hydrogen) atoms. The number of furan rings is 1. The van der Waals surface area contributed by atoms with Crippen LogP contribution in [0.3, 0.4) is 0 Å². The van der Waals surface area contributed by atoms with Gasteiger partial charge in [-0.05, 0) is 42.8 Å². The van der Waals surface area contributed by atoms with E-state index in [-0.39, 0.29) is 12.6 Å². The summed E-state index contributed by atoms with van der Waals surface area (Å²) < 4.78 is 11.0. The molecule has 0 spiro atoms. The van der Waals surface area contributed by atoms with Crippen LogP contribution in [-0.2, 0) is 6.54 Å². The second-order valence-electron chi connectivity index (χ2n) is 5.65. The average molecular weight is 311 g/mol. The van der Waals surface area contributed by atoms with Gasteiger partial charge in [0, 0.05) is 11.9 Å². The zero-order valence-corrected chi connectivity index (χ0v) is 13.4. The molecule has 1 atom stereocenters. The lowest BCUT2D eigenvalue weighted by atomic mass is 10.1. The molecule has 3 rings (SSSR count). The normalized spacial score (nSPS) is 12.5. The first kappa shape index (κ1) is 15.6. The van der Waals surface area contributed by atoms with E-state index in [9.17, 15) is 5.11 Å². The summed E-state index contributed by atoms with van der Waals surface area (Å²) in [5, 5.41) is 14.1. The van der Waals surface area contributed by atoms with Crippen molar-refractivity contribution < 1.29 is 14.3 Å². The molecule has 2 N–H and O–H groups in total. The Balaban J connectivity index is 1.72. The molecule has 1 aromatic heterocycles. The number of hydrogen-bond donors (Lipinski definition) is 2. The van der Waals surface area contributed by atoms with Gasteiger partial charge in [-0.15, -0.1) is 0 Å². The molecular formula is C19H21NO3. The van der Waals surface area contributed by atoms with Gasteiger partial charge in [0.2, 0.25) is 0 Å². The average Bonchev–Trinajstić information content (AvgIpc) is 2.99. The third kappa shape index (κ3) is 3.55. The SMILES string of the molecule is COc1ccc(CNC(CO)c2cc3cc(C)ccc3o2)cc1. The zero-order valence-electron chi connectivity index (χ0n) is 13.4. The van der Waals surface area contributed by atoms with Crippen molar-refractivity contribution in [3.63, 3.8) is 0 Å². The first-order valence-corrected chi connectivity index (χ1v) is 7.67. The largest absolute Gasteiger partial charge is 0.497 e. The highest BCUT2D eigenvalue weighted by Gasteiger charge is 2.15. The minimum absolute atomic E-state index is 0.0189. The van der Waals surface area contributed by atoms with Crippen LogP contribution in [0.4, 0.5) is 0 Å². The lowest BCUT2D eigenvalue weighted by Gasteiger charge is -2.14. The lowest BCUT2D eigenvalue weighted by Crippen LogP contribution is -2.23. The van der Waals surface area contributed by atoms with E-state index < -0.39 is 0 Å². The number of aliphatic hydroxyl groups is 1. The molecule has 1 heterocycles. The summed E-state index contributed by atoms with van der Waals surface area (Å²) in [5.41, 5.74) is 3.16. The van der Waals surface area contributed by atoms with Crippen LogP contribution in [0, 0.1) is 6.92 Å². The van der Waals surface area contributed by atoms with Gasteiger partial charge >= 0.3 is 0 Å². The topological polar surface area (TPSA) is 54.6 Å². The van der Waals surface area contributed by atoms with Gasteiger partial charge in [0.1, 0.15) is 17.1 Å². The standard InChI is InChI=1S/C19H21NO3/c1-13-3-8-18-15(9-13)10-19(23-18)17(12-21)20-11-14-4-6-16(22-2)7-5-14/h3-10,17,20-21H,11-12H2,1-2H3. The molecule has 1 unspecified atom stereocenters. The van der Waals surface area contributed by atoms with Gasteiger partial charge in [-0.2, -0.15) is 0 Å². The first-order valence-electron chi connectivity index (χ1n) is 7.67. The molecule has 0 amide bonds. The molecule has 4 heteroatoms. The smallest absolute Gasteiger partial charge is 0.134 e. The van der Waals surface area contributed by atoms with Crippen molar-refractivity contribution in [1.29, 1.82) is 0 Å². The van der Waals surface area contributed by atoms with Gasteiger partial charge in [-0.1, -0.05) is 23.8 Å². The summed E-state index contributed by atoms with van der Waals surface area (Å²) in [6, 6.07) is 15.7. The minimum atomic E-state index is -0.232. The second-order valence-corrected chi connectivity index (χ2v) is 5.65. The molecular weight excluding hydrogens is 290 g/mol. The van der Waals surface area contributed by atoms with E-state index in [0.717, 1.165) is 28.0 Å². The van der Waals surface area contributed by atoms with Gasteiger partial charge in [0.05, 0.1) is 19.8 Å². The maximum Gasteiger partial charge on any atom is 0.134 e. The molecule has 120 valence electrons. The minimum Gasteiger partial charge on any atom is -0.497 e. The number of benzene rings is 2. The maximum atomic E-state index is 9.68. The molecule has 0 radical (unpaired) electrons. The van der Waals surface area contributed by atoms with Crippen LogP contribution >= 0.6 is 0 Å². The molecule has 0 aliphatic carbocycles. The third-order valence-electron chi connectivity index (χ3n) is 3.93. The van der Waals surface area contributed by atoms with E-state index in [1.54, 1.807) is 7.11 Å². The predicted octanol–water partition coefficient (Wildman–Crippen LogP) is 3.57. The molecule has 4 nitrogen and oxygen atoms in total. The molecule has 2 aromatic carbocycles. The Morgan fingerprint density at radius 2 is 1.91 bits per heavy atom. The molecule has 0 bridgehead atoms. The molecule has 0 saturated carbocycles. The molecule has 0 fully saturated rings. The van der Waals surface area contributed by atoms with E-state index in [0.29, 0.717) is 6.54 Å². The van der Waals surface area contributed by atoms with E-state index in [2.05, 4.69) is 18.3 Å². The number of aliphatic hydroxyl groups excluding tert-OH is 1. The summed E-state index contributed by atoms with van der Waals surface area (Å²) in [4.78, 5) is 0. The van der Waals surface area contributed by atoms with Gasteiger partial charge in [0.15, 0.2) is 0 Å².